The molecule has 0 aliphatic carbocycles. The predicted octanol–water partition coefficient (Wildman–Crippen LogP) is 7.08. The fraction of sp³-hybridized carbons (Fsp3) is 0.292. The van der Waals surface area contributed by atoms with Crippen LogP contribution in [0.15, 0.2) is 60.8 Å². The van der Waals surface area contributed by atoms with Gasteiger partial charge in [-0.1, -0.05) is 12.6 Å². The van der Waals surface area contributed by atoms with Gasteiger partial charge in [0, 0.05) is 24.3 Å². The first-order valence-corrected chi connectivity index (χ1v) is 10.5. The van der Waals surface area contributed by atoms with Gasteiger partial charge in [-0.05, 0) is 56.3 Å². The fourth-order valence-corrected chi connectivity index (χ4v) is 4.21. The zero-order valence-corrected chi connectivity index (χ0v) is 18.7. The van der Waals surface area contributed by atoms with Crippen LogP contribution in [-0.4, -0.2) is 27.2 Å². The molecule has 11 heteroatoms. The molecule has 0 unspecified atom stereocenters. The normalized spacial score (nSPS) is 15.6. The molecule has 0 fully saturated rings. The Labute approximate surface area is 196 Å². The number of allylic oxidation sites excluding steroid dienone is 1. The molecule has 1 N–H and O–H groups in total. The molecule has 1 aliphatic heterocycles. The Morgan fingerprint density at radius 1 is 1.00 bits per heavy atom. The van der Waals surface area contributed by atoms with E-state index < -0.39 is 35.0 Å². The average Bonchev–Trinajstić information content (AvgIpc) is 3.12. The number of nitrogens with one attached hydrogen (secondary N) is 1. The van der Waals surface area contributed by atoms with Crippen molar-refractivity contribution in [3.05, 3.63) is 78.0 Å². The third kappa shape index (κ3) is 4.59. The largest absolute Gasteiger partial charge is 0.430 e. The lowest BCUT2D eigenvalue weighted by Gasteiger charge is -2.45. The Kier molecular flexibility index (Phi) is 5.85. The van der Waals surface area contributed by atoms with E-state index in [1.54, 1.807) is 18.4 Å². The second kappa shape index (κ2) is 8.31. The van der Waals surface area contributed by atoms with Crippen LogP contribution in [0.3, 0.4) is 0 Å². The molecule has 0 atom stereocenters. The molecular formula is C24H21F7N4. The lowest BCUT2D eigenvalue weighted by atomic mass is 9.98. The van der Waals surface area contributed by atoms with Gasteiger partial charge in [-0.15, -0.1) is 0 Å². The monoisotopic (exact) mass is 498 g/mol. The van der Waals surface area contributed by atoms with E-state index in [-0.39, 0.29) is 36.1 Å². The molecule has 4 rings (SSSR count). The van der Waals surface area contributed by atoms with E-state index in [1.165, 1.54) is 36.4 Å². The molecule has 0 radical (unpaired) electrons. The van der Waals surface area contributed by atoms with E-state index in [0.29, 0.717) is 5.56 Å². The van der Waals surface area contributed by atoms with Gasteiger partial charge in [-0.2, -0.15) is 26.3 Å². The maximum Gasteiger partial charge on any atom is 0.430 e. The molecular weight excluding hydrogens is 477 g/mol. The van der Waals surface area contributed by atoms with Crippen LogP contribution in [-0.2, 0) is 18.3 Å². The minimum Gasteiger partial charge on any atom is -0.354 e. The summed E-state index contributed by atoms with van der Waals surface area (Å²) in [6.07, 6.45) is -9.21. The van der Waals surface area contributed by atoms with Gasteiger partial charge in [-0.3, -0.25) is 0 Å². The highest BCUT2D eigenvalue weighted by Crippen LogP contribution is 2.43. The first-order valence-electron chi connectivity index (χ1n) is 10.5. The van der Waals surface area contributed by atoms with Crippen molar-refractivity contribution in [3.8, 4) is 11.3 Å². The average molecular weight is 498 g/mol. The van der Waals surface area contributed by atoms with Crippen molar-refractivity contribution in [2.24, 2.45) is 0 Å². The van der Waals surface area contributed by atoms with Crippen LogP contribution in [0.4, 0.5) is 42.2 Å². The van der Waals surface area contributed by atoms with Gasteiger partial charge in [0.05, 0.1) is 11.1 Å². The van der Waals surface area contributed by atoms with Crippen LogP contribution in [0.2, 0.25) is 0 Å². The van der Waals surface area contributed by atoms with Crippen LogP contribution in [0.5, 0.6) is 0 Å². The maximum atomic E-state index is 13.5. The van der Waals surface area contributed by atoms with E-state index in [2.05, 4.69) is 16.9 Å². The van der Waals surface area contributed by atoms with Gasteiger partial charge in [0.1, 0.15) is 28.9 Å². The molecule has 0 saturated heterocycles. The third-order valence-corrected chi connectivity index (χ3v) is 5.96. The zero-order chi connectivity index (χ0) is 25.8. The van der Waals surface area contributed by atoms with Gasteiger partial charge < -0.3 is 14.8 Å². The second-order valence-electron chi connectivity index (χ2n) is 8.65. The number of aromatic nitrogens is 2. The molecule has 2 aromatic carbocycles. The summed E-state index contributed by atoms with van der Waals surface area (Å²) >= 11 is 0. The number of benzene rings is 2. The van der Waals surface area contributed by atoms with Crippen LogP contribution < -0.4 is 5.32 Å². The molecule has 186 valence electrons. The Morgan fingerprint density at radius 2 is 1.66 bits per heavy atom. The predicted molar refractivity (Wildman–Crippen MR) is 117 cm³/mol. The number of hydrogen-bond acceptors (Lipinski definition) is 3. The molecule has 0 bridgehead atoms. The zero-order valence-electron chi connectivity index (χ0n) is 18.7. The summed E-state index contributed by atoms with van der Waals surface area (Å²) in [4.78, 5) is 5.70. The number of halogens is 7. The SMILES string of the molecule is C=C(N1CCn2c(nc(-c3ccc(F)cc3)c2Nc2cccc(C(F)(F)F)c2)C1(C)C)C(F)(F)F. The highest BCUT2D eigenvalue weighted by atomic mass is 19.4. The second-order valence-corrected chi connectivity index (χ2v) is 8.65. The smallest absolute Gasteiger partial charge is 0.354 e. The van der Waals surface area contributed by atoms with Crippen molar-refractivity contribution in [2.75, 3.05) is 11.9 Å². The van der Waals surface area contributed by atoms with Crippen LogP contribution in [0.25, 0.3) is 11.3 Å². The Hall–Kier alpha value is -3.50. The number of nitrogens with zero attached hydrogens (tertiary/aromatic N) is 3. The first kappa shape index (κ1) is 24.6. The van der Waals surface area contributed by atoms with Gasteiger partial charge in [-0.25, -0.2) is 9.37 Å². The van der Waals surface area contributed by atoms with E-state index in [1.807, 2.05) is 0 Å². The van der Waals surface area contributed by atoms with Crippen LogP contribution in [0, 0.1) is 5.82 Å². The maximum absolute atomic E-state index is 13.5. The lowest BCUT2D eigenvalue weighted by Crippen LogP contribution is -2.50. The summed E-state index contributed by atoms with van der Waals surface area (Å²) in [5.41, 5.74) is -2.31. The highest BCUT2D eigenvalue weighted by Gasteiger charge is 2.46. The Bertz CT molecular complexity index is 1250. The van der Waals surface area contributed by atoms with Crippen molar-refractivity contribution in [1.29, 1.82) is 0 Å². The summed E-state index contributed by atoms with van der Waals surface area (Å²) in [7, 11) is 0. The van der Waals surface area contributed by atoms with Crippen LogP contribution >= 0.6 is 0 Å². The number of anilines is 2. The number of rotatable bonds is 4. The Balaban J connectivity index is 1.85. The Morgan fingerprint density at radius 3 is 2.26 bits per heavy atom. The molecule has 35 heavy (non-hydrogen) atoms. The molecule has 2 heterocycles. The summed E-state index contributed by atoms with van der Waals surface area (Å²) in [6, 6.07) is 9.84. The third-order valence-electron chi connectivity index (χ3n) is 5.96. The summed E-state index contributed by atoms with van der Waals surface area (Å²) in [5.74, 6) is 0.0392. The topological polar surface area (TPSA) is 33.1 Å². The minimum absolute atomic E-state index is 0.0589. The number of hydrogen-bond donors (Lipinski definition) is 1. The fourth-order valence-electron chi connectivity index (χ4n) is 4.21. The standard InChI is InChI=1S/C24H21F7N4/c1-14(23(26,27)28)35-12-11-34-20(32-18-6-4-5-16(13-18)24(29,30)31)19(33-21(34)22(35,2)3)15-7-9-17(25)10-8-15/h4-10,13,32H,1,11-12H2,2-3H3. The number of alkyl halides is 6. The molecule has 4 nitrogen and oxygen atoms in total. The van der Waals surface area contributed by atoms with Crippen molar-refractivity contribution in [3.63, 3.8) is 0 Å². The highest BCUT2D eigenvalue weighted by molar-refractivity contribution is 5.77. The molecule has 0 saturated carbocycles. The van der Waals surface area contributed by atoms with Crippen molar-refractivity contribution in [2.45, 2.75) is 38.3 Å². The van der Waals surface area contributed by atoms with Crippen molar-refractivity contribution < 1.29 is 30.7 Å². The quantitative estimate of drug-likeness (QED) is 0.391. The summed E-state index contributed by atoms with van der Waals surface area (Å²) in [6.45, 7) is 6.33. The van der Waals surface area contributed by atoms with Gasteiger partial charge in [0.25, 0.3) is 0 Å². The van der Waals surface area contributed by atoms with E-state index in [9.17, 15) is 30.7 Å². The van der Waals surface area contributed by atoms with E-state index >= 15 is 0 Å². The minimum atomic E-state index is -4.65. The van der Waals surface area contributed by atoms with Gasteiger partial charge >= 0.3 is 12.4 Å². The molecule has 1 aromatic heterocycles. The van der Waals surface area contributed by atoms with Crippen LogP contribution in [0.1, 0.15) is 25.2 Å². The van der Waals surface area contributed by atoms with Gasteiger partial charge in [0.2, 0.25) is 0 Å². The van der Waals surface area contributed by atoms with Crippen molar-refractivity contribution >= 4 is 11.5 Å². The number of imidazole rings is 1. The van der Waals surface area contributed by atoms with Crippen molar-refractivity contribution in [1.82, 2.24) is 14.5 Å². The molecule has 0 spiro atoms. The molecule has 0 amide bonds. The van der Waals surface area contributed by atoms with Gasteiger partial charge in [0.15, 0.2) is 0 Å². The first-order chi connectivity index (χ1) is 16.2. The molecule has 1 aliphatic rings. The summed E-state index contributed by atoms with van der Waals surface area (Å²) < 4.78 is 95.2. The van der Waals surface area contributed by atoms with E-state index in [0.717, 1.165) is 17.0 Å². The van der Waals surface area contributed by atoms with E-state index in [4.69, 9.17) is 0 Å². The lowest BCUT2D eigenvalue weighted by molar-refractivity contribution is -0.137. The summed E-state index contributed by atoms with van der Waals surface area (Å²) in [5, 5.41) is 2.96. The number of fused-ring (bicyclic) bond motifs is 1. The molecule has 3 aromatic rings.